The maximum Gasteiger partial charge on any atom is 0.232 e. The van der Waals surface area contributed by atoms with Crippen LogP contribution in [0.5, 0.6) is 23.0 Å². The van der Waals surface area contributed by atoms with Gasteiger partial charge in [0.2, 0.25) is 11.8 Å². The lowest BCUT2D eigenvalue weighted by Gasteiger charge is -2.10. The van der Waals surface area contributed by atoms with Crippen LogP contribution in [0.15, 0.2) is 40.8 Å². The van der Waals surface area contributed by atoms with Crippen LogP contribution in [0.2, 0.25) is 0 Å². The third-order valence-electron chi connectivity index (χ3n) is 5.30. The van der Waals surface area contributed by atoms with Crippen LogP contribution in [0.1, 0.15) is 17.0 Å². The Morgan fingerprint density at radius 3 is 2.23 bits per heavy atom. The smallest absolute Gasteiger partial charge is 0.232 e. The molecule has 1 N–H and O–H groups in total. The number of hydrogen-bond acceptors (Lipinski definition) is 8. The number of oxazole rings is 1. The lowest BCUT2D eigenvalue weighted by atomic mass is 10.1. The van der Waals surface area contributed by atoms with Gasteiger partial charge in [0.15, 0.2) is 23.0 Å². The molecule has 35 heavy (non-hydrogen) atoms. The number of hydrogen-bond donors (Lipinski definition) is 1. The molecule has 10 heteroatoms. The number of aryl methyl sites for hydroxylation is 1. The summed E-state index contributed by atoms with van der Waals surface area (Å²) in [5.74, 6) is 3.07. The second-order valence-electron chi connectivity index (χ2n) is 7.61. The van der Waals surface area contributed by atoms with Gasteiger partial charge in [-0.2, -0.15) is 0 Å². The number of amides is 1. The molecular formula is C25H30N2O7S. The minimum atomic E-state index is -1.44. The van der Waals surface area contributed by atoms with E-state index in [-0.39, 0.29) is 17.4 Å². The molecule has 0 aliphatic carbocycles. The first-order valence-electron chi connectivity index (χ1n) is 10.9. The number of carbonyl (C=O) groups excluding carboxylic acids is 1. The molecule has 188 valence electrons. The first-order valence-corrected chi connectivity index (χ1v) is 12.4. The average molecular weight is 503 g/mol. The third-order valence-corrected chi connectivity index (χ3v) is 6.48. The molecule has 0 unspecified atom stereocenters. The molecule has 0 saturated heterocycles. The fraction of sp³-hybridized carbons (Fsp3) is 0.360. The van der Waals surface area contributed by atoms with Crippen LogP contribution in [-0.2, 0) is 27.8 Å². The molecule has 0 fully saturated rings. The SMILES string of the molecule is COc1ccc(CCNC(=O)C[S@](=O)Cc2nc(-c3ccc(OC)c(OC)c3)oc2C)cc1OC. The molecule has 0 aliphatic heterocycles. The maximum absolute atomic E-state index is 12.6. The van der Waals surface area contributed by atoms with Crippen LogP contribution in [0.4, 0.5) is 0 Å². The molecule has 0 bridgehead atoms. The molecule has 0 spiro atoms. The van der Waals surface area contributed by atoms with Crippen LogP contribution in [-0.4, -0.2) is 55.8 Å². The van der Waals surface area contributed by atoms with Gasteiger partial charge in [-0.3, -0.25) is 9.00 Å². The summed E-state index contributed by atoms with van der Waals surface area (Å²) >= 11 is 0. The molecule has 1 amide bonds. The van der Waals surface area contributed by atoms with Crippen molar-refractivity contribution in [3.63, 3.8) is 0 Å². The number of benzene rings is 2. The van der Waals surface area contributed by atoms with E-state index in [1.54, 1.807) is 53.6 Å². The number of ether oxygens (including phenoxy) is 4. The summed E-state index contributed by atoms with van der Waals surface area (Å²) in [6, 6.07) is 10.9. The Kier molecular flexibility index (Phi) is 9.13. The van der Waals surface area contributed by atoms with Gasteiger partial charge in [-0.05, 0) is 49.2 Å². The standard InChI is InChI=1S/C25H30N2O7S/c1-16-19(27-25(34-16)18-7-9-21(31-3)23(13-18)33-5)14-35(29)15-24(28)26-11-10-17-6-8-20(30-2)22(12-17)32-4/h6-9,12-13H,10-11,14-15H2,1-5H3,(H,26,28)/t35-/m1/s1. The molecule has 3 rings (SSSR count). The third kappa shape index (κ3) is 6.75. The van der Waals surface area contributed by atoms with Gasteiger partial charge in [-0.25, -0.2) is 4.98 Å². The predicted octanol–water partition coefficient (Wildman–Crippen LogP) is 3.29. The van der Waals surface area contributed by atoms with Gasteiger partial charge in [0.1, 0.15) is 11.5 Å². The van der Waals surface area contributed by atoms with E-state index >= 15 is 0 Å². The van der Waals surface area contributed by atoms with E-state index < -0.39 is 10.8 Å². The zero-order valence-electron chi connectivity index (χ0n) is 20.5. The Bertz CT molecular complexity index is 1190. The van der Waals surface area contributed by atoms with Gasteiger partial charge in [0, 0.05) is 22.9 Å². The van der Waals surface area contributed by atoms with E-state index in [0.29, 0.717) is 58.9 Å². The minimum Gasteiger partial charge on any atom is -0.493 e. The average Bonchev–Trinajstić information content (AvgIpc) is 3.22. The van der Waals surface area contributed by atoms with Gasteiger partial charge < -0.3 is 28.7 Å². The normalized spacial score (nSPS) is 11.6. The lowest BCUT2D eigenvalue weighted by Crippen LogP contribution is -2.30. The Labute approximate surface area is 207 Å². The van der Waals surface area contributed by atoms with E-state index in [4.69, 9.17) is 23.4 Å². The monoisotopic (exact) mass is 502 g/mol. The van der Waals surface area contributed by atoms with Crippen molar-refractivity contribution >= 4 is 16.7 Å². The van der Waals surface area contributed by atoms with Gasteiger partial charge in [-0.1, -0.05) is 6.07 Å². The summed E-state index contributed by atoms with van der Waals surface area (Å²) in [6.07, 6.45) is 0.607. The number of methoxy groups -OCH3 is 4. The topological polar surface area (TPSA) is 109 Å². The van der Waals surface area contributed by atoms with Crippen molar-refractivity contribution in [1.82, 2.24) is 10.3 Å². The van der Waals surface area contributed by atoms with Crippen molar-refractivity contribution in [3.8, 4) is 34.5 Å². The van der Waals surface area contributed by atoms with Crippen molar-refractivity contribution in [2.45, 2.75) is 19.1 Å². The highest BCUT2D eigenvalue weighted by atomic mass is 32.2. The highest BCUT2D eigenvalue weighted by Crippen LogP contribution is 2.33. The quantitative estimate of drug-likeness (QED) is 0.402. The zero-order valence-corrected chi connectivity index (χ0v) is 21.3. The number of carbonyl (C=O) groups is 1. The fourth-order valence-corrected chi connectivity index (χ4v) is 4.51. The Balaban J connectivity index is 1.53. The van der Waals surface area contributed by atoms with E-state index in [0.717, 1.165) is 5.56 Å². The number of nitrogens with zero attached hydrogens (tertiary/aromatic N) is 1. The molecule has 0 radical (unpaired) electrons. The van der Waals surface area contributed by atoms with Crippen LogP contribution in [0.25, 0.3) is 11.5 Å². The second kappa shape index (κ2) is 12.3. The Hall–Kier alpha value is -3.53. The van der Waals surface area contributed by atoms with Crippen molar-refractivity contribution in [3.05, 3.63) is 53.4 Å². The molecule has 2 aromatic carbocycles. The van der Waals surface area contributed by atoms with Gasteiger partial charge in [0.25, 0.3) is 0 Å². The summed E-state index contributed by atoms with van der Waals surface area (Å²) in [4.78, 5) is 16.8. The summed E-state index contributed by atoms with van der Waals surface area (Å²) < 4.78 is 39.5. The highest BCUT2D eigenvalue weighted by Gasteiger charge is 2.17. The van der Waals surface area contributed by atoms with Crippen molar-refractivity contribution in [1.29, 1.82) is 0 Å². The van der Waals surface area contributed by atoms with E-state index in [1.807, 2.05) is 18.2 Å². The number of nitrogens with one attached hydrogen (secondary N) is 1. The summed E-state index contributed by atoms with van der Waals surface area (Å²) in [7, 11) is 4.83. The molecule has 1 heterocycles. The van der Waals surface area contributed by atoms with E-state index in [1.165, 1.54) is 0 Å². The molecule has 9 nitrogen and oxygen atoms in total. The van der Waals surface area contributed by atoms with Crippen LogP contribution >= 0.6 is 0 Å². The minimum absolute atomic E-state index is 0.117. The highest BCUT2D eigenvalue weighted by molar-refractivity contribution is 7.84. The van der Waals surface area contributed by atoms with Crippen LogP contribution in [0, 0.1) is 6.92 Å². The zero-order chi connectivity index (χ0) is 25.4. The van der Waals surface area contributed by atoms with E-state index in [9.17, 15) is 9.00 Å². The Morgan fingerprint density at radius 1 is 0.943 bits per heavy atom. The summed E-state index contributed by atoms with van der Waals surface area (Å²) in [6.45, 7) is 2.17. The molecule has 0 aliphatic rings. The summed E-state index contributed by atoms with van der Waals surface area (Å²) in [5, 5.41) is 2.81. The number of aromatic nitrogens is 1. The second-order valence-corrected chi connectivity index (χ2v) is 9.07. The van der Waals surface area contributed by atoms with Crippen molar-refractivity contribution in [2.75, 3.05) is 40.7 Å². The van der Waals surface area contributed by atoms with Crippen LogP contribution < -0.4 is 24.3 Å². The fourth-order valence-electron chi connectivity index (χ4n) is 3.44. The predicted molar refractivity (Wildman–Crippen MR) is 133 cm³/mol. The molecule has 3 aromatic rings. The Morgan fingerprint density at radius 2 is 1.57 bits per heavy atom. The van der Waals surface area contributed by atoms with Gasteiger partial charge in [0.05, 0.1) is 39.9 Å². The molecule has 0 saturated carbocycles. The molecule has 1 atom stereocenters. The van der Waals surface area contributed by atoms with Gasteiger partial charge >= 0.3 is 0 Å². The lowest BCUT2D eigenvalue weighted by molar-refractivity contribution is -0.118. The first-order chi connectivity index (χ1) is 16.9. The van der Waals surface area contributed by atoms with E-state index in [2.05, 4.69) is 10.3 Å². The van der Waals surface area contributed by atoms with Crippen molar-refractivity contribution in [2.24, 2.45) is 0 Å². The molecule has 1 aromatic heterocycles. The largest absolute Gasteiger partial charge is 0.493 e. The maximum atomic E-state index is 12.6. The van der Waals surface area contributed by atoms with Crippen LogP contribution in [0.3, 0.4) is 0 Å². The van der Waals surface area contributed by atoms with Crippen molar-refractivity contribution < 1.29 is 32.4 Å². The summed E-state index contributed by atoms with van der Waals surface area (Å²) in [5.41, 5.74) is 2.24. The number of rotatable bonds is 12. The first kappa shape index (κ1) is 26.1. The molecular weight excluding hydrogens is 472 g/mol. The van der Waals surface area contributed by atoms with Gasteiger partial charge in [-0.15, -0.1) is 0 Å².